The third-order valence-corrected chi connectivity index (χ3v) is 2.56. The zero-order valence-electron chi connectivity index (χ0n) is 6.55. The fourth-order valence-corrected chi connectivity index (χ4v) is 1.96. The summed E-state index contributed by atoms with van der Waals surface area (Å²) in [5.41, 5.74) is 0. The number of allylic oxidation sites excluding steroid dienone is 1. The van der Waals surface area contributed by atoms with Crippen molar-refractivity contribution in [1.82, 2.24) is 5.32 Å². The summed E-state index contributed by atoms with van der Waals surface area (Å²) in [6, 6.07) is 0.147. The molecule has 1 aliphatic heterocycles. The van der Waals surface area contributed by atoms with Gasteiger partial charge in [-0.05, 0) is 25.3 Å². The molecule has 1 fully saturated rings. The van der Waals surface area contributed by atoms with Gasteiger partial charge in [-0.3, -0.25) is 4.79 Å². The summed E-state index contributed by atoms with van der Waals surface area (Å²) >= 11 is 0. The molecule has 2 aliphatic rings. The van der Waals surface area contributed by atoms with Crippen molar-refractivity contribution >= 4 is 5.78 Å². The summed E-state index contributed by atoms with van der Waals surface area (Å²) in [5, 5.41) is 3.27. The van der Waals surface area contributed by atoms with Crippen LogP contribution in [0.15, 0.2) is 12.2 Å². The van der Waals surface area contributed by atoms with Crippen molar-refractivity contribution in [2.75, 3.05) is 6.54 Å². The molecule has 2 atom stereocenters. The fraction of sp³-hybridized carbons (Fsp3) is 0.667. The van der Waals surface area contributed by atoms with E-state index >= 15 is 0 Å². The van der Waals surface area contributed by atoms with Crippen molar-refractivity contribution in [2.24, 2.45) is 5.92 Å². The van der Waals surface area contributed by atoms with Gasteiger partial charge in [-0.25, -0.2) is 0 Å². The van der Waals surface area contributed by atoms with Gasteiger partial charge in [0, 0.05) is 6.42 Å². The van der Waals surface area contributed by atoms with Gasteiger partial charge in [0.05, 0.1) is 6.04 Å². The van der Waals surface area contributed by atoms with Crippen molar-refractivity contribution in [1.29, 1.82) is 0 Å². The average Bonchev–Trinajstić information content (AvgIpc) is 2.06. The number of piperidine rings is 1. The quantitative estimate of drug-likeness (QED) is 0.521. The molecule has 1 aliphatic carbocycles. The second-order valence-electron chi connectivity index (χ2n) is 3.34. The SMILES string of the molecule is O=C1CC=CC2CCCNC12. The predicted octanol–water partition coefficient (Wildman–Crippen LogP) is 0.884. The van der Waals surface area contributed by atoms with Gasteiger partial charge in [0.1, 0.15) is 0 Å². The topological polar surface area (TPSA) is 29.1 Å². The summed E-state index contributed by atoms with van der Waals surface area (Å²) in [6.45, 7) is 1.01. The Bertz CT molecular complexity index is 198. The Labute approximate surface area is 66.7 Å². The van der Waals surface area contributed by atoms with Gasteiger partial charge in [-0.1, -0.05) is 12.2 Å². The van der Waals surface area contributed by atoms with Crippen LogP contribution >= 0.6 is 0 Å². The van der Waals surface area contributed by atoms with Crippen LogP contribution in [-0.2, 0) is 4.79 Å². The smallest absolute Gasteiger partial charge is 0.154 e. The van der Waals surface area contributed by atoms with E-state index in [9.17, 15) is 4.79 Å². The monoisotopic (exact) mass is 151 g/mol. The minimum atomic E-state index is 0.147. The Balaban J connectivity index is 2.15. The van der Waals surface area contributed by atoms with E-state index in [1.807, 2.05) is 6.08 Å². The molecule has 60 valence electrons. The molecule has 11 heavy (non-hydrogen) atoms. The Kier molecular flexibility index (Phi) is 1.78. The van der Waals surface area contributed by atoms with Crippen LogP contribution in [0.2, 0.25) is 0 Å². The first-order chi connectivity index (χ1) is 5.38. The summed E-state index contributed by atoms with van der Waals surface area (Å²) in [6.07, 6.45) is 7.22. The number of fused-ring (bicyclic) bond motifs is 1. The Morgan fingerprint density at radius 2 is 2.45 bits per heavy atom. The van der Waals surface area contributed by atoms with Gasteiger partial charge >= 0.3 is 0 Å². The molecule has 0 aromatic carbocycles. The second-order valence-corrected chi connectivity index (χ2v) is 3.34. The lowest BCUT2D eigenvalue weighted by Gasteiger charge is -2.31. The molecule has 2 nitrogen and oxygen atoms in total. The van der Waals surface area contributed by atoms with Crippen molar-refractivity contribution in [3.63, 3.8) is 0 Å². The number of hydrogen-bond acceptors (Lipinski definition) is 2. The third-order valence-electron chi connectivity index (χ3n) is 2.56. The molecule has 1 heterocycles. The zero-order chi connectivity index (χ0) is 7.68. The second kappa shape index (κ2) is 2.78. The van der Waals surface area contributed by atoms with Crippen molar-refractivity contribution in [2.45, 2.75) is 25.3 Å². The average molecular weight is 151 g/mol. The molecular weight excluding hydrogens is 138 g/mol. The van der Waals surface area contributed by atoms with E-state index < -0.39 is 0 Å². The van der Waals surface area contributed by atoms with Crippen LogP contribution in [0.1, 0.15) is 19.3 Å². The summed E-state index contributed by atoms with van der Waals surface area (Å²) in [4.78, 5) is 11.3. The van der Waals surface area contributed by atoms with Crippen molar-refractivity contribution in [3.8, 4) is 0 Å². The zero-order valence-corrected chi connectivity index (χ0v) is 6.55. The van der Waals surface area contributed by atoms with Crippen LogP contribution in [0.4, 0.5) is 0 Å². The minimum absolute atomic E-state index is 0.147. The van der Waals surface area contributed by atoms with Gasteiger partial charge in [0.25, 0.3) is 0 Å². The predicted molar refractivity (Wildman–Crippen MR) is 43.3 cm³/mol. The van der Waals surface area contributed by atoms with Crippen LogP contribution in [0, 0.1) is 5.92 Å². The Morgan fingerprint density at radius 3 is 3.27 bits per heavy atom. The first-order valence-corrected chi connectivity index (χ1v) is 4.31. The van der Waals surface area contributed by atoms with E-state index in [0.29, 0.717) is 18.1 Å². The number of rotatable bonds is 0. The standard InChI is InChI=1S/C9H13NO/c11-8-5-1-3-7-4-2-6-10-9(7)8/h1,3,7,9-10H,2,4-6H2. The van der Waals surface area contributed by atoms with E-state index in [1.54, 1.807) is 0 Å². The van der Waals surface area contributed by atoms with Crippen LogP contribution in [0.5, 0.6) is 0 Å². The first-order valence-electron chi connectivity index (χ1n) is 4.31. The Hall–Kier alpha value is -0.630. The normalized spacial score (nSPS) is 36.9. The highest BCUT2D eigenvalue weighted by Gasteiger charge is 2.29. The number of carbonyl (C=O) groups is 1. The van der Waals surface area contributed by atoms with E-state index in [2.05, 4.69) is 11.4 Å². The van der Waals surface area contributed by atoms with Gasteiger partial charge in [-0.15, -0.1) is 0 Å². The van der Waals surface area contributed by atoms with Gasteiger partial charge < -0.3 is 5.32 Å². The van der Waals surface area contributed by atoms with Gasteiger partial charge in [0.15, 0.2) is 5.78 Å². The molecule has 0 saturated carbocycles. The third kappa shape index (κ3) is 1.23. The van der Waals surface area contributed by atoms with Crippen LogP contribution < -0.4 is 5.32 Å². The molecule has 0 aromatic rings. The number of ketones is 1. The van der Waals surface area contributed by atoms with Gasteiger partial charge in [0.2, 0.25) is 0 Å². The lowest BCUT2D eigenvalue weighted by Crippen LogP contribution is -2.47. The van der Waals surface area contributed by atoms with E-state index in [-0.39, 0.29) is 6.04 Å². The number of hydrogen-bond donors (Lipinski definition) is 1. The molecule has 2 rings (SSSR count). The van der Waals surface area contributed by atoms with E-state index in [0.717, 1.165) is 6.54 Å². The molecule has 2 unspecified atom stereocenters. The lowest BCUT2D eigenvalue weighted by atomic mass is 9.83. The summed E-state index contributed by atoms with van der Waals surface area (Å²) in [5.74, 6) is 0.863. The lowest BCUT2D eigenvalue weighted by molar-refractivity contribution is -0.122. The van der Waals surface area contributed by atoms with E-state index in [4.69, 9.17) is 0 Å². The highest BCUT2D eigenvalue weighted by Crippen LogP contribution is 2.23. The van der Waals surface area contributed by atoms with Crippen LogP contribution in [-0.4, -0.2) is 18.4 Å². The Morgan fingerprint density at radius 1 is 1.55 bits per heavy atom. The molecule has 0 bridgehead atoms. The van der Waals surface area contributed by atoms with Crippen LogP contribution in [0.25, 0.3) is 0 Å². The number of Topliss-reactive ketones (excluding diaryl/α,β-unsaturated/α-hetero) is 1. The minimum Gasteiger partial charge on any atom is -0.307 e. The molecule has 2 heteroatoms. The number of nitrogens with one attached hydrogen (secondary N) is 1. The molecule has 0 aromatic heterocycles. The highest BCUT2D eigenvalue weighted by molar-refractivity contribution is 5.87. The van der Waals surface area contributed by atoms with Crippen molar-refractivity contribution in [3.05, 3.63) is 12.2 Å². The van der Waals surface area contributed by atoms with E-state index in [1.165, 1.54) is 12.8 Å². The summed E-state index contributed by atoms with van der Waals surface area (Å²) < 4.78 is 0. The fourth-order valence-electron chi connectivity index (χ4n) is 1.96. The van der Waals surface area contributed by atoms with Gasteiger partial charge in [-0.2, -0.15) is 0 Å². The van der Waals surface area contributed by atoms with Crippen LogP contribution in [0.3, 0.4) is 0 Å². The molecule has 1 saturated heterocycles. The number of carbonyl (C=O) groups excluding carboxylic acids is 1. The largest absolute Gasteiger partial charge is 0.307 e. The molecule has 0 amide bonds. The molecule has 1 N–H and O–H groups in total. The van der Waals surface area contributed by atoms with Crippen molar-refractivity contribution < 1.29 is 4.79 Å². The maximum atomic E-state index is 11.3. The molecular formula is C9H13NO. The first kappa shape index (κ1) is 7.04. The highest BCUT2D eigenvalue weighted by atomic mass is 16.1. The molecule has 0 radical (unpaired) electrons. The maximum Gasteiger partial charge on any atom is 0.154 e. The summed E-state index contributed by atoms with van der Waals surface area (Å²) in [7, 11) is 0. The molecule has 0 spiro atoms. The maximum absolute atomic E-state index is 11.3.